The van der Waals surface area contributed by atoms with E-state index in [0.717, 1.165) is 10.5 Å². The van der Waals surface area contributed by atoms with E-state index in [0.29, 0.717) is 34.7 Å². The molecule has 1 fully saturated rings. The van der Waals surface area contributed by atoms with Crippen LogP contribution < -0.4 is 19.7 Å². The third kappa shape index (κ3) is 5.10. The van der Waals surface area contributed by atoms with E-state index in [9.17, 15) is 19.7 Å². The molecule has 1 heterocycles. The first-order valence-electron chi connectivity index (χ1n) is 11.0. The molecule has 1 N–H and O–H groups in total. The van der Waals surface area contributed by atoms with Gasteiger partial charge >= 0.3 is 6.03 Å². The largest absolute Gasteiger partial charge is 0.493 e. The Morgan fingerprint density at radius 1 is 1.08 bits per heavy atom. The van der Waals surface area contributed by atoms with Crippen molar-refractivity contribution in [1.29, 1.82) is 0 Å². The molecule has 0 unspecified atom stereocenters. The molecule has 0 aromatic heterocycles. The average molecular weight is 485 g/mol. The highest BCUT2D eigenvalue weighted by Crippen LogP contribution is 2.35. The Hall–Kier alpha value is -4.92. The second-order valence-electron chi connectivity index (χ2n) is 7.88. The third-order valence-corrected chi connectivity index (χ3v) is 5.45. The maximum atomic E-state index is 12.9. The minimum atomic E-state index is -0.535. The Morgan fingerprint density at radius 2 is 1.86 bits per heavy atom. The molecule has 3 aromatic carbocycles. The number of carbonyl (C=O) groups excluding carboxylic acids is 2. The van der Waals surface area contributed by atoms with Gasteiger partial charge in [-0.2, -0.15) is 0 Å². The van der Waals surface area contributed by atoms with E-state index < -0.39 is 16.9 Å². The van der Waals surface area contributed by atoms with Crippen LogP contribution in [0.25, 0.3) is 6.08 Å². The third-order valence-electron chi connectivity index (χ3n) is 5.45. The normalized spacial score (nSPS) is 14.0. The number of nitrogens with zero attached hydrogens (tertiary/aromatic N) is 2. The van der Waals surface area contributed by atoms with Crippen molar-refractivity contribution in [2.45, 2.75) is 13.0 Å². The number of rotatable bonds is 9. The van der Waals surface area contributed by atoms with Gasteiger partial charge in [-0.25, -0.2) is 9.69 Å². The zero-order valence-electron chi connectivity index (χ0n) is 19.5. The van der Waals surface area contributed by atoms with Crippen LogP contribution in [0.4, 0.5) is 16.2 Å². The summed E-state index contributed by atoms with van der Waals surface area (Å²) < 4.78 is 11.6. The van der Waals surface area contributed by atoms with Gasteiger partial charge < -0.3 is 14.8 Å². The van der Waals surface area contributed by atoms with Gasteiger partial charge in [0.1, 0.15) is 12.3 Å². The molecule has 0 bridgehead atoms. The number of ether oxygens (including phenoxy) is 2. The van der Waals surface area contributed by atoms with E-state index in [2.05, 4.69) is 11.9 Å². The summed E-state index contributed by atoms with van der Waals surface area (Å²) in [7, 11) is 1.49. The number of anilines is 1. The van der Waals surface area contributed by atoms with Crippen molar-refractivity contribution in [3.63, 3.8) is 0 Å². The van der Waals surface area contributed by atoms with E-state index >= 15 is 0 Å². The number of carbonyl (C=O) groups is 2. The molecule has 0 spiro atoms. The Labute approximate surface area is 207 Å². The van der Waals surface area contributed by atoms with Gasteiger partial charge in [0, 0.05) is 17.7 Å². The van der Waals surface area contributed by atoms with Gasteiger partial charge in [0.15, 0.2) is 11.5 Å². The van der Waals surface area contributed by atoms with Crippen LogP contribution in [0, 0.1) is 10.1 Å². The van der Waals surface area contributed by atoms with Crippen molar-refractivity contribution in [1.82, 2.24) is 5.32 Å². The average Bonchev–Trinajstić information content (AvgIpc) is 3.16. The smallest absolute Gasteiger partial charge is 0.333 e. The van der Waals surface area contributed by atoms with Crippen molar-refractivity contribution in [2.24, 2.45) is 0 Å². The lowest BCUT2D eigenvalue weighted by Gasteiger charge is -2.16. The van der Waals surface area contributed by atoms with Crippen LogP contribution in [-0.2, 0) is 17.8 Å². The number of amides is 3. The number of hydrogen-bond acceptors (Lipinski definition) is 6. The fraction of sp³-hybridized carbons (Fsp3) is 0.111. The number of allylic oxidation sites excluding steroid dienone is 1. The summed E-state index contributed by atoms with van der Waals surface area (Å²) in [5.74, 6) is 0.392. The first-order valence-corrected chi connectivity index (χ1v) is 11.0. The lowest BCUT2D eigenvalue weighted by atomic mass is 10.0. The topological polar surface area (TPSA) is 111 Å². The van der Waals surface area contributed by atoms with Crippen molar-refractivity contribution < 1.29 is 24.0 Å². The number of nitro groups is 1. The van der Waals surface area contributed by atoms with Gasteiger partial charge in [0.25, 0.3) is 11.6 Å². The molecule has 0 saturated carbocycles. The van der Waals surface area contributed by atoms with Crippen LogP contribution in [0.2, 0.25) is 0 Å². The molecule has 9 nitrogen and oxygen atoms in total. The van der Waals surface area contributed by atoms with Gasteiger partial charge in [0.2, 0.25) is 0 Å². The number of non-ortho nitro benzene ring substituents is 1. The van der Waals surface area contributed by atoms with Crippen LogP contribution in [0.3, 0.4) is 0 Å². The van der Waals surface area contributed by atoms with E-state index in [1.54, 1.807) is 60.7 Å². The second kappa shape index (κ2) is 10.6. The molecule has 0 atom stereocenters. The minimum absolute atomic E-state index is 0.0239. The van der Waals surface area contributed by atoms with Crippen LogP contribution in [0.1, 0.15) is 16.7 Å². The van der Waals surface area contributed by atoms with Crippen molar-refractivity contribution in [3.8, 4) is 11.5 Å². The van der Waals surface area contributed by atoms with Gasteiger partial charge in [-0.05, 0) is 47.9 Å². The van der Waals surface area contributed by atoms with Crippen molar-refractivity contribution in [3.05, 3.63) is 112 Å². The predicted molar refractivity (Wildman–Crippen MR) is 135 cm³/mol. The Balaban J connectivity index is 1.63. The molecule has 1 aliphatic heterocycles. The number of nitrogens with one attached hydrogen (secondary N) is 1. The van der Waals surface area contributed by atoms with E-state index in [-0.39, 0.29) is 18.0 Å². The SMILES string of the molecule is C=CCc1cc(/C=C2/NC(=O)N(c3ccccc3)C2=O)cc(OC)c1OCc1cccc([N+](=O)[O-])c1. The van der Waals surface area contributed by atoms with Crippen LogP contribution in [0.15, 0.2) is 85.1 Å². The molecular weight excluding hydrogens is 462 g/mol. The molecule has 9 heteroatoms. The number of benzene rings is 3. The van der Waals surface area contributed by atoms with Gasteiger partial charge in [-0.15, -0.1) is 6.58 Å². The maximum absolute atomic E-state index is 12.9. The summed E-state index contributed by atoms with van der Waals surface area (Å²) in [6, 6.07) is 17.8. The first kappa shape index (κ1) is 24.2. The quantitative estimate of drug-likeness (QED) is 0.150. The summed E-state index contributed by atoms with van der Waals surface area (Å²) in [5.41, 5.74) is 2.55. The monoisotopic (exact) mass is 485 g/mol. The molecular formula is C27H23N3O6. The molecule has 1 saturated heterocycles. The summed E-state index contributed by atoms with van der Waals surface area (Å²) in [6.45, 7) is 3.88. The molecule has 1 aliphatic rings. The number of methoxy groups -OCH3 is 1. The number of urea groups is 1. The molecule has 4 rings (SSSR count). The molecule has 0 radical (unpaired) electrons. The van der Waals surface area contributed by atoms with Crippen LogP contribution in [-0.4, -0.2) is 24.0 Å². The zero-order chi connectivity index (χ0) is 25.7. The number of imide groups is 1. The zero-order valence-corrected chi connectivity index (χ0v) is 19.5. The highest BCUT2D eigenvalue weighted by Gasteiger charge is 2.34. The van der Waals surface area contributed by atoms with E-state index in [1.807, 2.05) is 6.07 Å². The lowest BCUT2D eigenvalue weighted by molar-refractivity contribution is -0.384. The Kier molecular flexibility index (Phi) is 7.10. The highest BCUT2D eigenvalue weighted by atomic mass is 16.6. The molecule has 3 amide bonds. The summed E-state index contributed by atoms with van der Waals surface area (Å²) in [4.78, 5) is 37.1. The Morgan fingerprint density at radius 3 is 2.56 bits per heavy atom. The maximum Gasteiger partial charge on any atom is 0.333 e. The van der Waals surface area contributed by atoms with Gasteiger partial charge in [-0.1, -0.05) is 36.4 Å². The summed E-state index contributed by atoms with van der Waals surface area (Å²) in [6.07, 6.45) is 3.71. The van der Waals surface area contributed by atoms with Crippen LogP contribution in [0.5, 0.6) is 11.5 Å². The van der Waals surface area contributed by atoms with Crippen LogP contribution >= 0.6 is 0 Å². The summed E-state index contributed by atoms with van der Waals surface area (Å²) in [5, 5.41) is 13.7. The number of para-hydroxylation sites is 1. The molecule has 0 aliphatic carbocycles. The molecule has 36 heavy (non-hydrogen) atoms. The Bertz CT molecular complexity index is 1370. The predicted octanol–water partition coefficient (Wildman–Crippen LogP) is 5.01. The fourth-order valence-corrected chi connectivity index (χ4v) is 3.82. The standard InChI is InChI=1S/C27H23N3O6/c1-3-8-20-13-19(15-23-26(31)29(27(32)28-23)21-10-5-4-6-11-21)16-24(35-2)25(20)36-17-18-9-7-12-22(14-18)30(33)34/h3-7,9-16H,1,8,17H2,2H3,(H,28,32)/b23-15+. The fourth-order valence-electron chi connectivity index (χ4n) is 3.82. The van der Waals surface area contributed by atoms with Gasteiger partial charge in [0.05, 0.1) is 17.7 Å². The van der Waals surface area contributed by atoms with E-state index in [1.165, 1.54) is 19.2 Å². The highest BCUT2D eigenvalue weighted by molar-refractivity contribution is 6.28. The van der Waals surface area contributed by atoms with E-state index in [4.69, 9.17) is 9.47 Å². The summed E-state index contributed by atoms with van der Waals surface area (Å²) >= 11 is 0. The molecule has 3 aromatic rings. The minimum Gasteiger partial charge on any atom is -0.493 e. The number of hydrogen-bond donors (Lipinski definition) is 1. The molecule has 182 valence electrons. The van der Waals surface area contributed by atoms with Crippen molar-refractivity contribution >= 4 is 29.4 Å². The number of nitro benzene ring substituents is 1. The van der Waals surface area contributed by atoms with Gasteiger partial charge in [-0.3, -0.25) is 14.9 Å². The van der Waals surface area contributed by atoms with Crippen molar-refractivity contribution in [2.75, 3.05) is 12.0 Å². The lowest BCUT2D eigenvalue weighted by Crippen LogP contribution is -2.30. The first-order chi connectivity index (χ1) is 17.4. The second-order valence-corrected chi connectivity index (χ2v) is 7.88.